The van der Waals surface area contributed by atoms with Gasteiger partial charge in [-0.2, -0.15) is 4.68 Å². The summed E-state index contributed by atoms with van der Waals surface area (Å²) in [6.45, 7) is 5.33. The number of piperidine rings is 2. The van der Waals surface area contributed by atoms with Crippen LogP contribution < -0.4 is 20.5 Å². The molecule has 5 amide bonds. The van der Waals surface area contributed by atoms with Crippen molar-refractivity contribution < 1.29 is 37.1 Å². The van der Waals surface area contributed by atoms with Crippen LogP contribution in [0.2, 0.25) is 0 Å². The molecule has 1 atom stereocenters. The first-order valence-corrected chi connectivity index (χ1v) is 25.1. The number of hydrogen-bond donors (Lipinski definition) is 3. The van der Waals surface area contributed by atoms with Crippen molar-refractivity contribution in [1.82, 2.24) is 39.8 Å². The number of carbonyl (C=O) groups is 5. The summed E-state index contributed by atoms with van der Waals surface area (Å²) in [5, 5.41) is 5.45. The van der Waals surface area contributed by atoms with Crippen LogP contribution >= 0.6 is 0 Å². The number of sulfone groups is 1. The fourth-order valence-electron chi connectivity index (χ4n) is 9.84. The highest BCUT2D eigenvalue weighted by molar-refractivity contribution is 7.90. The standard InChI is InChI=1S/C50H51N9O9S/c1-69(66,67)36-14-9-33(10-15-36)45-38(49(65)59(54-45)50-51-40-4-2-3-5-41(40)52-50)16-8-31-6-12-35(13-7-31)68-30-44(61)57-22-20-32(21-23-57)29-55-24-26-56(27-25-55)34-11-17-37-39(28-34)48(64)58(47(37)63)42-18-19-43(60)53-46(42)62/h2-7,9-15,17,28,32,42,54H,8,16,18-27,29-30H2,1H3,(H,51,52)(H,53,60,62). The van der Waals surface area contributed by atoms with Gasteiger partial charge in [0.25, 0.3) is 23.3 Å². The molecule has 6 aromatic rings. The van der Waals surface area contributed by atoms with Gasteiger partial charge in [0.2, 0.25) is 17.8 Å². The van der Waals surface area contributed by atoms with Crippen molar-refractivity contribution >= 4 is 56.1 Å². The van der Waals surface area contributed by atoms with E-state index < -0.39 is 39.5 Å². The Morgan fingerprint density at radius 3 is 2.23 bits per heavy atom. The highest BCUT2D eigenvalue weighted by Gasteiger charge is 2.45. The summed E-state index contributed by atoms with van der Waals surface area (Å²) >= 11 is 0. The lowest BCUT2D eigenvalue weighted by molar-refractivity contribution is -0.136. The molecular formula is C50H51N9O9S. The normalized spacial score (nSPS) is 18.3. The number of carbonyl (C=O) groups excluding carboxylic acids is 5. The molecule has 19 heteroatoms. The van der Waals surface area contributed by atoms with Crippen molar-refractivity contribution in [2.24, 2.45) is 5.92 Å². The number of aryl methyl sites for hydroxylation is 1. The number of imidazole rings is 1. The first-order chi connectivity index (χ1) is 33.3. The Kier molecular flexibility index (Phi) is 12.2. The van der Waals surface area contributed by atoms with Crippen LogP contribution in [-0.2, 0) is 37.1 Å². The first-order valence-electron chi connectivity index (χ1n) is 23.2. The maximum absolute atomic E-state index is 14.0. The third-order valence-corrected chi connectivity index (χ3v) is 14.9. The minimum absolute atomic E-state index is 0.0637. The fourth-order valence-corrected chi connectivity index (χ4v) is 10.5. The second kappa shape index (κ2) is 18.6. The SMILES string of the molecule is CS(=O)(=O)c1ccc(-c2[nH]n(-c3nc4ccccc4[nH]3)c(=O)c2CCc2ccc(OCC(=O)N3CCC(CN4CCN(c5ccc6c(c5)C(=O)N(C5CCC(=O)NC5=O)C6=O)CC4)CC3)cc2)cc1. The number of nitrogens with zero attached hydrogens (tertiary/aromatic N) is 6. The lowest BCUT2D eigenvalue weighted by Gasteiger charge is -2.39. The van der Waals surface area contributed by atoms with Gasteiger partial charge in [-0.3, -0.25) is 49.0 Å². The van der Waals surface area contributed by atoms with Crippen LogP contribution in [0.5, 0.6) is 5.75 Å². The number of aromatic amines is 2. The van der Waals surface area contributed by atoms with Gasteiger partial charge in [-0.15, -0.1) is 0 Å². The molecule has 2 aromatic heterocycles. The van der Waals surface area contributed by atoms with E-state index in [1.165, 1.54) is 16.8 Å². The van der Waals surface area contributed by atoms with Gasteiger partial charge in [-0.1, -0.05) is 36.4 Å². The lowest BCUT2D eigenvalue weighted by Crippen LogP contribution is -2.54. The van der Waals surface area contributed by atoms with E-state index in [-0.39, 0.29) is 46.9 Å². The lowest BCUT2D eigenvalue weighted by atomic mass is 9.96. The number of piperazine rings is 1. The molecule has 0 aliphatic carbocycles. The van der Waals surface area contributed by atoms with Crippen LogP contribution in [-0.4, -0.2) is 137 Å². The topological polar surface area (TPSA) is 220 Å². The number of nitrogens with one attached hydrogen (secondary N) is 3. The van der Waals surface area contributed by atoms with Crippen LogP contribution in [0, 0.1) is 5.92 Å². The average molecular weight is 954 g/mol. The highest BCUT2D eigenvalue weighted by Crippen LogP contribution is 2.32. The number of para-hydroxylation sites is 2. The van der Waals surface area contributed by atoms with Crippen molar-refractivity contribution in [3.8, 4) is 23.0 Å². The molecule has 3 saturated heterocycles. The van der Waals surface area contributed by atoms with Crippen LogP contribution in [0.15, 0.2) is 101 Å². The van der Waals surface area contributed by atoms with Gasteiger partial charge < -0.3 is 19.5 Å². The third kappa shape index (κ3) is 9.31. The van der Waals surface area contributed by atoms with Crippen LogP contribution in [0.25, 0.3) is 28.2 Å². The molecule has 4 aliphatic heterocycles. The smallest absolute Gasteiger partial charge is 0.277 e. The molecule has 3 fully saturated rings. The van der Waals surface area contributed by atoms with Crippen molar-refractivity contribution in [1.29, 1.82) is 0 Å². The fraction of sp³-hybridized carbons (Fsp3) is 0.340. The quantitative estimate of drug-likeness (QED) is 0.141. The Morgan fingerprint density at radius 2 is 1.52 bits per heavy atom. The molecule has 4 aliphatic rings. The number of hydrogen-bond acceptors (Lipinski definition) is 12. The van der Waals surface area contributed by atoms with E-state index >= 15 is 0 Å². The second-order valence-electron chi connectivity index (χ2n) is 18.2. The van der Waals surface area contributed by atoms with E-state index in [1.807, 2.05) is 59.5 Å². The number of H-pyrrole nitrogens is 2. The number of likely N-dealkylation sites (tertiary alicyclic amines) is 1. The van der Waals surface area contributed by atoms with E-state index in [0.717, 1.165) is 73.5 Å². The number of benzene rings is 4. The number of rotatable bonds is 13. The highest BCUT2D eigenvalue weighted by atomic mass is 32.2. The molecule has 6 heterocycles. The second-order valence-corrected chi connectivity index (χ2v) is 20.2. The monoisotopic (exact) mass is 953 g/mol. The Labute approximate surface area is 397 Å². The van der Waals surface area contributed by atoms with Gasteiger partial charge in [-0.05, 0) is 104 Å². The van der Waals surface area contributed by atoms with Gasteiger partial charge >= 0.3 is 0 Å². The number of fused-ring (bicyclic) bond motifs is 2. The Hall–Kier alpha value is -7.38. The molecular weight excluding hydrogens is 903 g/mol. The summed E-state index contributed by atoms with van der Waals surface area (Å²) in [7, 11) is -3.41. The zero-order valence-corrected chi connectivity index (χ0v) is 38.8. The van der Waals surface area contributed by atoms with Crippen molar-refractivity contribution in [3.63, 3.8) is 0 Å². The van der Waals surface area contributed by atoms with Crippen LogP contribution in [0.3, 0.4) is 0 Å². The van der Waals surface area contributed by atoms with Gasteiger partial charge in [0, 0.05) is 69.7 Å². The summed E-state index contributed by atoms with van der Waals surface area (Å²) in [6.07, 6.45) is 4.04. The summed E-state index contributed by atoms with van der Waals surface area (Å²) in [4.78, 5) is 93.3. The molecule has 18 nitrogen and oxygen atoms in total. The van der Waals surface area contributed by atoms with Gasteiger partial charge in [0.05, 0.1) is 32.7 Å². The molecule has 4 aromatic carbocycles. The van der Waals surface area contributed by atoms with Gasteiger partial charge in [0.1, 0.15) is 11.8 Å². The number of aromatic nitrogens is 4. The molecule has 0 bridgehead atoms. The number of anilines is 1. The van der Waals surface area contributed by atoms with Crippen molar-refractivity contribution in [3.05, 3.63) is 124 Å². The summed E-state index contributed by atoms with van der Waals surface area (Å²) < 4.78 is 31.6. The molecule has 0 spiro atoms. The zero-order valence-electron chi connectivity index (χ0n) is 38.0. The van der Waals surface area contributed by atoms with Crippen LogP contribution in [0.4, 0.5) is 5.69 Å². The van der Waals surface area contributed by atoms with E-state index in [1.54, 1.807) is 24.3 Å². The minimum atomic E-state index is -3.41. The first kappa shape index (κ1) is 45.4. The molecule has 0 saturated carbocycles. The summed E-state index contributed by atoms with van der Waals surface area (Å²) in [5.41, 5.74) is 5.33. The summed E-state index contributed by atoms with van der Waals surface area (Å²) in [6, 6.07) is 25.7. The predicted molar refractivity (Wildman–Crippen MR) is 255 cm³/mol. The maximum Gasteiger partial charge on any atom is 0.277 e. The maximum atomic E-state index is 14.0. The van der Waals surface area contributed by atoms with E-state index in [9.17, 15) is 37.2 Å². The Bertz CT molecular complexity index is 3130. The molecule has 356 valence electrons. The molecule has 1 unspecified atom stereocenters. The molecule has 69 heavy (non-hydrogen) atoms. The number of amides is 5. The largest absolute Gasteiger partial charge is 0.484 e. The van der Waals surface area contributed by atoms with Crippen molar-refractivity contribution in [2.75, 3.05) is 63.6 Å². The minimum Gasteiger partial charge on any atom is -0.484 e. The molecule has 3 N–H and O–H groups in total. The van der Waals surface area contributed by atoms with Crippen LogP contribution in [0.1, 0.15) is 57.5 Å². The number of imide groups is 2. The Balaban J connectivity index is 0.688. The van der Waals surface area contributed by atoms with E-state index in [2.05, 4.69) is 30.2 Å². The van der Waals surface area contributed by atoms with E-state index in [0.29, 0.717) is 65.9 Å². The zero-order chi connectivity index (χ0) is 48.0. The number of ether oxygens (including phenoxy) is 1. The summed E-state index contributed by atoms with van der Waals surface area (Å²) in [5.74, 6) is -0.766. The third-order valence-electron chi connectivity index (χ3n) is 13.7. The molecule has 10 rings (SSSR count). The predicted octanol–water partition coefficient (Wildman–Crippen LogP) is 3.74. The van der Waals surface area contributed by atoms with Gasteiger partial charge in [0.15, 0.2) is 16.4 Å². The molecule has 0 radical (unpaired) electrons. The average Bonchev–Trinajstić information content (AvgIpc) is 4.01. The Morgan fingerprint density at radius 1 is 0.797 bits per heavy atom. The van der Waals surface area contributed by atoms with E-state index in [4.69, 9.17) is 4.74 Å². The van der Waals surface area contributed by atoms with Crippen molar-refractivity contribution in [2.45, 2.75) is 49.5 Å². The van der Waals surface area contributed by atoms with Gasteiger partial charge in [-0.25, -0.2) is 13.4 Å².